The van der Waals surface area contributed by atoms with E-state index in [4.69, 9.17) is 11.2 Å². The first-order valence-electron chi connectivity index (χ1n) is 7.07. The van der Waals surface area contributed by atoms with E-state index in [0.717, 1.165) is 39.0 Å². The van der Waals surface area contributed by atoms with E-state index in [0.29, 0.717) is 12.0 Å². The average molecular weight is 264 g/mol. The zero-order chi connectivity index (χ0) is 14.0. The van der Waals surface area contributed by atoms with Gasteiger partial charge < -0.3 is 9.64 Å². The summed E-state index contributed by atoms with van der Waals surface area (Å²) >= 11 is 0. The van der Waals surface area contributed by atoms with Crippen LogP contribution in [0.5, 0.6) is 0 Å². The van der Waals surface area contributed by atoms with E-state index in [2.05, 4.69) is 10.8 Å². The van der Waals surface area contributed by atoms with Crippen molar-refractivity contribution in [2.75, 3.05) is 26.2 Å². The number of nitrogens with zero attached hydrogens (tertiary/aromatic N) is 2. The van der Waals surface area contributed by atoms with Crippen LogP contribution in [-0.4, -0.2) is 53.7 Å². The second-order valence-corrected chi connectivity index (χ2v) is 6.49. The highest BCUT2D eigenvalue weighted by Crippen LogP contribution is 2.31. The molecule has 0 aromatic heterocycles. The molecule has 106 valence electrons. The van der Waals surface area contributed by atoms with Gasteiger partial charge in [0.15, 0.2) is 0 Å². The lowest BCUT2D eigenvalue weighted by molar-refractivity contribution is 0.00190. The molecule has 1 saturated carbocycles. The summed E-state index contributed by atoms with van der Waals surface area (Å²) in [6.07, 6.45) is 7.44. The van der Waals surface area contributed by atoms with E-state index in [9.17, 15) is 4.79 Å². The zero-order valence-electron chi connectivity index (χ0n) is 12.2. The highest BCUT2D eigenvalue weighted by Gasteiger charge is 2.35. The Morgan fingerprint density at radius 2 is 1.79 bits per heavy atom. The van der Waals surface area contributed by atoms with Crippen molar-refractivity contribution in [3.05, 3.63) is 0 Å². The van der Waals surface area contributed by atoms with Gasteiger partial charge in [0.05, 0.1) is 0 Å². The number of carbonyl (C=O) groups is 1. The van der Waals surface area contributed by atoms with Crippen LogP contribution in [0.2, 0.25) is 0 Å². The number of amides is 1. The highest BCUT2D eigenvalue weighted by atomic mass is 16.6. The first kappa shape index (κ1) is 14.2. The molecular weight excluding hydrogens is 240 g/mol. The normalized spacial score (nSPS) is 28.4. The quantitative estimate of drug-likeness (QED) is 0.679. The second-order valence-electron chi connectivity index (χ2n) is 6.49. The molecule has 0 N–H and O–H groups in total. The van der Waals surface area contributed by atoms with Gasteiger partial charge in [0, 0.05) is 38.1 Å². The second kappa shape index (κ2) is 5.42. The molecule has 19 heavy (non-hydrogen) atoms. The van der Waals surface area contributed by atoms with Gasteiger partial charge in [-0.2, -0.15) is 0 Å². The number of carbonyl (C=O) groups excluding carboxylic acids is 1. The fourth-order valence-corrected chi connectivity index (χ4v) is 2.62. The van der Waals surface area contributed by atoms with Crippen LogP contribution in [-0.2, 0) is 4.74 Å². The fraction of sp³-hybridized carbons (Fsp3) is 0.800. The minimum atomic E-state index is -0.414. The molecule has 0 radical (unpaired) electrons. The van der Waals surface area contributed by atoms with Gasteiger partial charge >= 0.3 is 6.09 Å². The van der Waals surface area contributed by atoms with Gasteiger partial charge in [0.2, 0.25) is 0 Å². The lowest BCUT2D eigenvalue weighted by atomic mass is 9.80. The Bertz CT molecular complexity index is 367. The van der Waals surface area contributed by atoms with Crippen LogP contribution in [0.3, 0.4) is 0 Å². The molecule has 2 fully saturated rings. The maximum Gasteiger partial charge on any atom is 0.410 e. The van der Waals surface area contributed by atoms with E-state index in [1.165, 1.54) is 0 Å². The van der Waals surface area contributed by atoms with E-state index in [1.54, 1.807) is 4.90 Å². The Morgan fingerprint density at radius 3 is 2.26 bits per heavy atom. The molecule has 1 aliphatic carbocycles. The van der Waals surface area contributed by atoms with Crippen LogP contribution in [0.25, 0.3) is 0 Å². The molecular formula is C15H24N2O2. The van der Waals surface area contributed by atoms with E-state index >= 15 is 0 Å². The molecule has 1 saturated heterocycles. The summed E-state index contributed by atoms with van der Waals surface area (Å²) < 4.78 is 5.39. The largest absolute Gasteiger partial charge is 0.444 e. The van der Waals surface area contributed by atoms with Crippen molar-refractivity contribution in [2.24, 2.45) is 5.92 Å². The maximum absolute atomic E-state index is 11.9. The van der Waals surface area contributed by atoms with E-state index < -0.39 is 5.60 Å². The standard InChI is InChI=1S/C15H24N2O2/c1-5-12-10-13(11-12)16-6-8-17(9-7-16)14(18)19-15(2,3)4/h1,12-13H,6-11H2,2-4H3/t12-,13+. The Kier molecular flexibility index (Phi) is 4.05. The Labute approximate surface area is 116 Å². The van der Waals surface area contributed by atoms with Crippen molar-refractivity contribution in [3.63, 3.8) is 0 Å². The Balaban J connectivity index is 1.74. The monoisotopic (exact) mass is 264 g/mol. The van der Waals surface area contributed by atoms with Crippen molar-refractivity contribution >= 4 is 6.09 Å². The number of hydrogen-bond acceptors (Lipinski definition) is 3. The van der Waals surface area contributed by atoms with Gasteiger partial charge in [0.1, 0.15) is 5.60 Å². The molecule has 0 unspecified atom stereocenters. The summed E-state index contributed by atoms with van der Waals surface area (Å²) in [5.41, 5.74) is -0.414. The number of hydrogen-bond donors (Lipinski definition) is 0. The van der Waals surface area contributed by atoms with Crippen LogP contribution in [0.4, 0.5) is 4.79 Å². The van der Waals surface area contributed by atoms with Crippen molar-refractivity contribution in [3.8, 4) is 12.3 Å². The molecule has 4 nitrogen and oxygen atoms in total. The van der Waals surface area contributed by atoms with Crippen molar-refractivity contribution in [2.45, 2.75) is 45.3 Å². The third-order valence-corrected chi connectivity index (χ3v) is 3.83. The number of ether oxygens (including phenoxy) is 1. The van der Waals surface area contributed by atoms with Crippen molar-refractivity contribution in [1.29, 1.82) is 0 Å². The van der Waals surface area contributed by atoms with Gasteiger partial charge in [-0.15, -0.1) is 12.3 Å². The zero-order valence-corrected chi connectivity index (χ0v) is 12.2. The van der Waals surface area contributed by atoms with Gasteiger partial charge in [0.25, 0.3) is 0 Å². The summed E-state index contributed by atoms with van der Waals surface area (Å²) in [7, 11) is 0. The molecule has 0 atom stereocenters. The van der Waals surface area contributed by atoms with Crippen molar-refractivity contribution < 1.29 is 9.53 Å². The molecule has 2 rings (SSSR count). The molecule has 4 heteroatoms. The number of rotatable bonds is 1. The Morgan fingerprint density at radius 1 is 1.21 bits per heavy atom. The van der Waals surface area contributed by atoms with Gasteiger partial charge in [-0.25, -0.2) is 4.79 Å². The van der Waals surface area contributed by atoms with Crippen LogP contribution in [0, 0.1) is 18.3 Å². The molecule has 1 heterocycles. The molecule has 1 amide bonds. The minimum absolute atomic E-state index is 0.192. The fourth-order valence-electron chi connectivity index (χ4n) is 2.62. The lowest BCUT2D eigenvalue weighted by Gasteiger charge is -2.45. The highest BCUT2D eigenvalue weighted by molar-refractivity contribution is 5.68. The van der Waals surface area contributed by atoms with Crippen LogP contribution < -0.4 is 0 Å². The minimum Gasteiger partial charge on any atom is -0.444 e. The average Bonchev–Trinajstić information content (AvgIpc) is 2.26. The van der Waals surface area contributed by atoms with Gasteiger partial charge in [-0.05, 0) is 33.6 Å². The molecule has 0 spiro atoms. The topological polar surface area (TPSA) is 32.8 Å². The lowest BCUT2D eigenvalue weighted by Crippen LogP contribution is -2.55. The van der Waals surface area contributed by atoms with Gasteiger partial charge in [-0.1, -0.05) is 0 Å². The number of terminal acetylenes is 1. The third kappa shape index (κ3) is 3.63. The first-order valence-corrected chi connectivity index (χ1v) is 7.07. The maximum atomic E-state index is 11.9. The molecule has 0 bridgehead atoms. The SMILES string of the molecule is C#C[C@H]1C[C@@H](N2CCN(C(=O)OC(C)(C)C)CC2)C1. The van der Waals surface area contributed by atoms with Crippen LogP contribution >= 0.6 is 0 Å². The smallest absolute Gasteiger partial charge is 0.410 e. The predicted octanol–water partition coefficient (Wildman–Crippen LogP) is 1.95. The predicted molar refractivity (Wildman–Crippen MR) is 74.7 cm³/mol. The Hall–Kier alpha value is -1.21. The summed E-state index contributed by atoms with van der Waals surface area (Å²) in [5.74, 6) is 3.28. The summed E-state index contributed by atoms with van der Waals surface area (Å²) in [6.45, 7) is 9.07. The van der Waals surface area contributed by atoms with Crippen LogP contribution in [0.15, 0.2) is 0 Å². The van der Waals surface area contributed by atoms with Crippen molar-refractivity contribution in [1.82, 2.24) is 9.80 Å². The first-order chi connectivity index (χ1) is 8.89. The summed E-state index contributed by atoms with van der Waals surface area (Å²) in [6, 6.07) is 0.627. The number of piperazine rings is 1. The van der Waals surface area contributed by atoms with E-state index in [1.807, 2.05) is 20.8 Å². The van der Waals surface area contributed by atoms with E-state index in [-0.39, 0.29) is 6.09 Å². The molecule has 0 aromatic rings. The molecule has 1 aliphatic heterocycles. The molecule has 0 aromatic carbocycles. The van der Waals surface area contributed by atoms with Gasteiger partial charge in [-0.3, -0.25) is 4.90 Å². The summed E-state index contributed by atoms with van der Waals surface area (Å²) in [5, 5.41) is 0. The third-order valence-electron chi connectivity index (χ3n) is 3.83. The molecule has 2 aliphatic rings. The van der Waals surface area contributed by atoms with Crippen LogP contribution in [0.1, 0.15) is 33.6 Å². The summed E-state index contributed by atoms with van der Waals surface area (Å²) in [4.78, 5) is 16.2.